The molecular weight excluding hydrogens is 226 g/mol. The van der Waals surface area contributed by atoms with Crippen LogP contribution in [0.3, 0.4) is 0 Å². The largest absolute Gasteiger partial charge is 0.445 e. The average molecular weight is 245 g/mol. The summed E-state index contributed by atoms with van der Waals surface area (Å²) in [7, 11) is 0. The van der Waals surface area contributed by atoms with Gasteiger partial charge in [-0.15, -0.1) is 0 Å². The van der Waals surface area contributed by atoms with E-state index in [0.717, 1.165) is 31.2 Å². The van der Waals surface area contributed by atoms with Crippen LogP contribution in [0.2, 0.25) is 0 Å². The fourth-order valence-corrected chi connectivity index (χ4v) is 2.14. The minimum absolute atomic E-state index is 0.0708. The topological polar surface area (TPSA) is 38.7 Å². The van der Waals surface area contributed by atoms with E-state index in [-0.39, 0.29) is 6.10 Å². The molecule has 0 radical (unpaired) electrons. The lowest BCUT2D eigenvalue weighted by atomic mass is 9.98. The summed E-state index contributed by atoms with van der Waals surface area (Å²) in [5.74, 6) is 0. The molecule has 0 unspecified atom stereocenters. The van der Waals surface area contributed by atoms with Crippen molar-refractivity contribution in [3.8, 4) is 0 Å². The maximum absolute atomic E-state index is 11.5. The Hall–Kier alpha value is -1.64. The molecule has 3 nitrogen and oxygen atoms in total. The number of nitrogens with zero attached hydrogens (tertiary/aromatic N) is 1. The van der Waals surface area contributed by atoms with E-state index in [1.807, 2.05) is 31.2 Å². The molecule has 96 valence electrons. The van der Waals surface area contributed by atoms with Crippen molar-refractivity contribution in [2.24, 2.45) is 4.99 Å². The van der Waals surface area contributed by atoms with Crippen molar-refractivity contribution < 1.29 is 9.53 Å². The second-order valence-electron chi connectivity index (χ2n) is 4.81. The van der Waals surface area contributed by atoms with Gasteiger partial charge < -0.3 is 4.74 Å². The van der Waals surface area contributed by atoms with E-state index in [2.05, 4.69) is 4.99 Å². The third-order valence-electron chi connectivity index (χ3n) is 3.22. The molecule has 0 spiro atoms. The Morgan fingerprint density at radius 1 is 1.22 bits per heavy atom. The molecule has 0 heterocycles. The van der Waals surface area contributed by atoms with E-state index >= 15 is 0 Å². The predicted molar refractivity (Wildman–Crippen MR) is 72.1 cm³/mol. The number of hydrogen-bond donors (Lipinski definition) is 0. The Labute approximate surface area is 108 Å². The number of rotatable bonds is 2. The number of hydrogen-bond acceptors (Lipinski definition) is 2. The van der Waals surface area contributed by atoms with Gasteiger partial charge >= 0.3 is 6.09 Å². The zero-order valence-corrected chi connectivity index (χ0v) is 10.8. The summed E-state index contributed by atoms with van der Waals surface area (Å²) >= 11 is 0. The van der Waals surface area contributed by atoms with Crippen molar-refractivity contribution in [3.05, 3.63) is 35.4 Å². The highest BCUT2D eigenvalue weighted by Gasteiger charge is 2.16. The number of amides is 1. The van der Waals surface area contributed by atoms with Crippen molar-refractivity contribution in [3.63, 3.8) is 0 Å². The van der Waals surface area contributed by atoms with E-state index in [9.17, 15) is 4.79 Å². The number of benzene rings is 1. The normalized spacial score (nSPS) is 16.9. The molecule has 0 bridgehead atoms. The van der Waals surface area contributed by atoms with Gasteiger partial charge in [-0.05, 0) is 38.2 Å². The van der Waals surface area contributed by atoms with Crippen LogP contribution in [0.5, 0.6) is 0 Å². The smallest absolute Gasteiger partial charge is 0.433 e. The van der Waals surface area contributed by atoms with Crippen molar-refractivity contribution in [1.29, 1.82) is 0 Å². The Bertz CT molecular complexity index is 417. The molecule has 3 heteroatoms. The highest BCUT2D eigenvalue weighted by molar-refractivity contribution is 5.88. The Morgan fingerprint density at radius 2 is 1.89 bits per heavy atom. The zero-order valence-electron chi connectivity index (χ0n) is 10.8. The van der Waals surface area contributed by atoms with Gasteiger partial charge in [0.05, 0.1) is 0 Å². The first-order valence-electron chi connectivity index (χ1n) is 6.55. The van der Waals surface area contributed by atoms with Gasteiger partial charge in [-0.1, -0.05) is 36.2 Å². The van der Waals surface area contributed by atoms with E-state index in [4.69, 9.17) is 4.74 Å². The van der Waals surface area contributed by atoms with Gasteiger partial charge in [0.25, 0.3) is 0 Å². The molecule has 1 aliphatic carbocycles. The van der Waals surface area contributed by atoms with E-state index in [1.165, 1.54) is 12.0 Å². The molecule has 1 amide bonds. The molecular formula is C15H19NO2. The van der Waals surface area contributed by atoms with Crippen molar-refractivity contribution in [1.82, 2.24) is 0 Å². The standard InChI is InChI=1S/C15H19NO2/c1-12-7-9-13(10-8-12)11-16-15(17)18-14-5-3-2-4-6-14/h7-11,14H,2-6H2,1H3. The lowest BCUT2D eigenvalue weighted by Gasteiger charge is -2.20. The van der Waals surface area contributed by atoms with E-state index in [0.29, 0.717) is 0 Å². The van der Waals surface area contributed by atoms with Crippen LogP contribution in [0.25, 0.3) is 0 Å². The second-order valence-corrected chi connectivity index (χ2v) is 4.81. The molecule has 1 aromatic rings. The number of ether oxygens (including phenoxy) is 1. The van der Waals surface area contributed by atoms with Gasteiger partial charge in [-0.2, -0.15) is 4.99 Å². The zero-order chi connectivity index (χ0) is 12.8. The Kier molecular flexibility index (Phi) is 4.51. The van der Waals surface area contributed by atoms with Gasteiger partial charge in [-0.25, -0.2) is 4.79 Å². The Morgan fingerprint density at radius 3 is 2.56 bits per heavy atom. The molecule has 0 N–H and O–H groups in total. The molecule has 2 rings (SSSR count). The SMILES string of the molecule is Cc1ccc(C=NC(=O)OC2CCCCC2)cc1. The molecule has 1 saturated carbocycles. The molecule has 1 aliphatic rings. The van der Waals surface area contributed by atoms with Crippen LogP contribution in [0, 0.1) is 6.92 Å². The van der Waals surface area contributed by atoms with Crippen molar-refractivity contribution >= 4 is 12.3 Å². The molecule has 1 aromatic carbocycles. The molecule has 0 saturated heterocycles. The first-order valence-corrected chi connectivity index (χ1v) is 6.55. The average Bonchev–Trinajstić information content (AvgIpc) is 2.39. The van der Waals surface area contributed by atoms with Gasteiger partial charge in [0.15, 0.2) is 0 Å². The van der Waals surface area contributed by atoms with Gasteiger partial charge in [0, 0.05) is 6.21 Å². The molecule has 0 aliphatic heterocycles. The van der Waals surface area contributed by atoms with E-state index in [1.54, 1.807) is 6.21 Å². The number of aliphatic imine (C=N–C) groups is 1. The number of carbonyl (C=O) groups excluding carboxylic acids is 1. The number of carbonyl (C=O) groups is 1. The molecule has 18 heavy (non-hydrogen) atoms. The summed E-state index contributed by atoms with van der Waals surface area (Å²) in [6.07, 6.45) is 6.67. The lowest BCUT2D eigenvalue weighted by Crippen LogP contribution is -2.19. The maximum Gasteiger partial charge on any atom is 0.433 e. The monoisotopic (exact) mass is 245 g/mol. The van der Waals surface area contributed by atoms with Crippen LogP contribution >= 0.6 is 0 Å². The minimum atomic E-state index is -0.470. The fourth-order valence-electron chi connectivity index (χ4n) is 2.14. The summed E-state index contributed by atoms with van der Waals surface area (Å²) in [6, 6.07) is 7.86. The second kappa shape index (κ2) is 6.34. The van der Waals surface area contributed by atoms with Crippen molar-refractivity contribution in [2.75, 3.05) is 0 Å². The van der Waals surface area contributed by atoms with Crippen LogP contribution < -0.4 is 0 Å². The third-order valence-corrected chi connectivity index (χ3v) is 3.22. The number of aryl methyl sites for hydroxylation is 1. The van der Waals surface area contributed by atoms with Gasteiger partial charge in [0.2, 0.25) is 0 Å². The van der Waals surface area contributed by atoms with Crippen LogP contribution in [-0.2, 0) is 4.74 Å². The summed E-state index contributed by atoms with van der Waals surface area (Å²) in [5, 5.41) is 0. The van der Waals surface area contributed by atoms with Crippen LogP contribution in [0.4, 0.5) is 4.79 Å². The van der Waals surface area contributed by atoms with Gasteiger partial charge in [-0.3, -0.25) is 0 Å². The highest BCUT2D eigenvalue weighted by atomic mass is 16.6. The van der Waals surface area contributed by atoms with Crippen LogP contribution in [0.15, 0.2) is 29.3 Å². The highest BCUT2D eigenvalue weighted by Crippen LogP contribution is 2.20. The van der Waals surface area contributed by atoms with Gasteiger partial charge in [0.1, 0.15) is 6.10 Å². The summed E-state index contributed by atoms with van der Waals surface area (Å²) < 4.78 is 5.30. The lowest BCUT2D eigenvalue weighted by molar-refractivity contribution is 0.0834. The van der Waals surface area contributed by atoms with Crippen LogP contribution in [0.1, 0.15) is 43.2 Å². The minimum Gasteiger partial charge on any atom is -0.445 e. The third kappa shape index (κ3) is 3.99. The van der Waals surface area contributed by atoms with Crippen LogP contribution in [-0.4, -0.2) is 18.4 Å². The molecule has 0 aromatic heterocycles. The predicted octanol–water partition coefficient (Wildman–Crippen LogP) is 3.88. The fraction of sp³-hybridized carbons (Fsp3) is 0.467. The first-order chi connectivity index (χ1) is 8.74. The first kappa shape index (κ1) is 12.8. The summed E-state index contributed by atoms with van der Waals surface area (Å²) in [4.78, 5) is 15.4. The Balaban J connectivity index is 1.84. The maximum atomic E-state index is 11.5. The summed E-state index contributed by atoms with van der Waals surface area (Å²) in [6.45, 7) is 2.03. The van der Waals surface area contributed by atoms with Crippen molar-refractivity contribution in [2.45, 2.75) is 45.1 Å². The molecule has 0 atom stereocenters. The van der Waals surface area contributed by atoms with E-state index < -0.39 is 6.09 Å². The summed E-state index contributed by atoms with van der Waals surface area (Å²) in [5.41, 5.74) is 2.11. The molecule has 1 fully saturated rings. The quantitative estimate of drug-likeness (QED) is 0.741.